The summed E-state index contributed by atoms with van der Waals surface area (Å²) in [6.45, 7) is 3.87. The van der Waals surface area contributed by atoms with Gasteiger partial charge in [0.05, 0.1) is 5.69 Å². The molecule has 2 aromatic heterocycles. The first-order valence-corrected chi connectivity index (χ1v) is 10.4. The van der Waals surface area contributed by atoms with E-state index in [-0.39, 0.29) is 24.0 Å². The van der Waals surface area contributed by atoms with E-state index in [0.29, 0.717) is 6.04 Å². The normalized spacial score (nSPS) is 15.7. The number of furan rings is 1. The Morgan fingerprint density at radius 2 is 1.97 bits per heavy atom. The highest BCUT2D eigenvalue weighted by Crippen LogP contribution is 2.18. The van der Waals surface area contributed by atoms with Crippen molar-refractivity contribution in [2.45, 2.75) is 31.8 Å². The topological polar surface area (TPSA) is 65.7 Å². The van der Waals surface area contributed by atoms with Gasteiger partial charge in [0.2, 0.25) is 0 Å². The molecule has 3 aromatic rings. The summed E-state index contributed by atoms with van der Waals surface area (Å²) in [5, 5.41) is 8.14. The number of nitrogens with zero attached hydrogens (tertiary/aromatic N) is 3. The molecule has 0 amide bonds. The van der Waals surface area contributed by atoms with Crippen molar-refractivity contribution in [3.8, 4) is 0 Å². The number of hydrogen-bond acceptors (Lipinski definition) is 4. The quantitative estimate of drug-likeness (QED) is 0.295. The first-order valence-electron chi connectivity index (χ1n) is 10.4. The van der Waals surface area contributed by atoms with E-state index in [1.165, 1.54) is 0 Å². The largest absolute Gasteiger partial charge is 0.461 e. The van der Waals surface area contributed by atoms with Crippen LogP contribution in [0.4, 0.5) is 0 Å². The zero-order chi connectivity index (χ0) is 19.9. The lowest BCUT2D eigenvalue weighted by atomic mass is 10.0. The number of para-hydroxylation sites is 1. The van der Waals surface area contributed by atoms with E-state index in [0.717, 1.165) is 73.8 Å². The molecular weight excluding hydrogens is 489 g/mol. The van der Waals surface area contributed by atoms with Crippen molar-refractivity contribution in [2.75, 3.05) is 26.7 Å². The molecule has 1 aliphatic heterocycles. The highest BCUT2D eigenvalue weighted by Gasteiger charge is 2.20. The van der Waals surface area contributed by atoms with Crippen molar-refractivity contribution in [2.24, 2.45) is 4.99 Å². The molecule has 0 unspecified atom stereocenters. The average Bonchev–Trinajstić information content (AvgIpc) is 3.18. The van der Waals surface area contributed by atoms with E-state index < -0.39 is 0 Å². The minimum absolute atomic E-state index is 0. The van der Waals surface area contributed by atoms with Gasteiger partial charge in [-0.2, -0.15) is 0 Å². The fourth-order valence-electron chi connectivity index (χ4n) is 3.81. The third-order valence-corrected chi connectivity index (χ3v) is 5.40. The lowest BCUT2D eigenvalue weighted by Crippen LogP contribution is -2.48. The summed E-state index contributed by atoms with van der Waals surface area (Å²) in [6, 6.07) is 16.8. The highest BCUT2D eigenvalue weighted by molar-refractivity contribution is 14.0. The second-order valence-corrected chi connectivity index (χ2v) is 7.52. The zero-order valence-corrected chi connectivity index (χ0v) is 19.7. The van der Waals surface area contributed by atoms with Gasteiger partial charge in [0, 0.05) is 57.3 Å². The van der Waals surface area contributed by atoms with Gasteiger partial charge < -0.3 is 15.1 Å². The summed E-state index contributed by atoms with van der Waals surface area (Å²) in [6.07, 6.45) is 4.91. The summed E-state index contributed by atoms with van der Waals surface area (Å²) in [5.74, 6) is 1.86. The molecule has 0 radical (unpaired) electrons. The molecule has 160 valence electrons. The van der Waals surface area contributed by atoms with Crippen molar-refractivity contribution in [3.63, 3.8) is 0 Å². The van der Waals surface area contributed by atoms with E-state index >= 15 is 0 Å². The summed E-state index contributed by atoms with van der Waals surface area (Å²) in [4.78, 5) is 11.3. The predicted octanol–water partition coefficient (Wildman–Crippen LogP) is 3.82. The number of pyridine rings is 1. The molecule has 1 saturated heterocycles. The molecule has 0 aliphatic carbocycles. The maximum absolute atomic E-state index is 5.88. The Morgan fingerprint density at radius 3 is 2.70 bits per heavy atom. The van der Waals surface area contributed by atoms with Crippen molar-refractivity contribution in [1.82, 2.24) is 20.5 Å². The monoisotopic (exact) mass is 519 g/mol. The minimum Gasteiger partial charge on any atom is -0.461 e. The van der Waals surface area contributed by atoms with Gasteiger partial charge in [-0.1, -0.05) is 24.3 Å². The van der Waals surface area contributed by atoms with E-state index in [1.54, 1.807) is 0 Å². The van der Waals surface area contributed by atoms with Crippen LogP contribution >= 0.6 is 24.0 Å². The van der Waals surface area contributed by atoms with Crippen molar-refractivity contribution >= 4 is 40.9 Å². The van der Waals surface area contributed by atoms with Gasteiger partial charge in [-0.3, -0.25) is 14.9 Å². The van der Waals surface area contributed by atoms with Crippen LogP contribution in [-0.4, -0.2) is 48.6 Å². The fraction of sp³-hybridized carbons (Fsp3) is 0.391. The molecule has 4 rings (SSSR count). The van der Waals surface area contributed by atoms with Crippen LogP contribution in [-0.2, 0) is 13.0 Å². The first kappa shape index (κ1) is 22.6. The minimum atomic E-state index is 0. The Kier molecular flexibility index (Phi) is 8.50. The second-order valence-electron chi connectivity index (χ2n) is 7.52. The molecule has 1 aromatic carbocycles. The molecule has 0 bridgehead atoms. The number of nitrogens with one attached hydrogen (secondary N) is 2. The van der Waals surface area contributed by atoms with Gasteiger partial charge in [0.1, 0.15) is 11.3 Å². The molecule has 3 heterocycles. The molecule has 0 saturated carbocycles. The molecule has 1 fully saturated rings. The highest BCUT2D eigenvalue weighted by atomic mass is 127. The number of guanidine groups is 1. The number of aromatic nitrogens is 1. The smallest absolute Gasteiger partial charge is 0.191 e. The average molecular weight is 519 g/mol. The molecule has 1 aliphatic rings. The van der Waals surface area contributed by atoms with Gasteiger partial charge in [0.15, 0.2) is 5.96 Å². The van der Waals surface area contributed by atoms with E-state index in [9.17, 15) is 0 Å². The maximum atomic E-state index is 5.88. The van der Waals surface area contributed by atoms with Gasteiger partial charge >= 0.3 is 0 Å². The number of hydrogen-bond donors (Lipinski definition) is 2. The fourth-order valence-corrected chi connectivity index (χ4v) is 3.81. The molecule has 2 N–H and O–H groups in total. The predicted molar refractivity (Wildman–Crippen MR) is 132 cm³/mol. The SMILES string of the molecule is CN=C(NCCc1cc2ccccc2o1)NC1CCN(Cc2ccccn2)CC1.I. The molecule has 0 atom stereocenters. The second kappa shape index (κ2) is 11.3. The van der Waals surface area contributed by atoms with Crippen LogP contribution in [0.2, 0.25) is 0 Å². The number of likely N-dealkylation sites (tertiary alicyclic amines) is 1. The van der Waals surface area contributed by atoms with Gasteiger partial charge in [0.25, 0.3) is 0 Å². The molecule has 7 heteroatoms. The summed E-state index contributed by atoms with van der Waals surface area (Å²) in [5.41, 5.74) is 2.09. The van der Waals surface area contributed by atoms with Crippen LogP contribution < -0.4 is 10.6 Å². The number of benzene rings is 1. The van der Waals surface area contributed by atoms with Crippen LogP contribution in [0.15, 0.2) is 64.1 Å². The Balaban J connectivity index is 0.00000256. The third-order valence-electron chi connectivity index (χ3n) is 5.40. The van der Waals surface area contributed by atoms with Crippen LogP contribution in [0.25, 0.3) is 11.0 Å². The summed E-state index contributed by atoms with van der Waals surface area (Å²) in [7, 11) is 1.83. The molecule has 0 spiro atoms. The summed E-state index contributed by atoms with van der Waals surface area (Å²) >= 11 is 0. The van der Waals surface area contributed by atoms with Crippen molar-refractivity contribution < 1.29 is 4.42 Å². The number of rotatable bonds is 6. The van der Waals surface area contributed by atoms with Crippen LogP contribution in [0, 0.1) is 0 Å². The lowest BCUT2D eigenvalue weighted by molar-refractivity contribution is 0.196. The Bertz CT molecular complexity index is 902. The number of halogens is 1. The van der Waals surface area contributed by atoms with Gasteiger partial charge in [-0.05, 0) is 37.1 Å². The Morgan fingerprint density at radius 1 is 1.17 bits per heavy atom. The molecular formula is C23H30IN5O. The Labute approximate surface area is 195 Å². The van der Waals surface area contributed by atoms with E-state index in [4.69, 9.17) is 4.42 Å². The lowest BCUT2D eigenvalue weighted by Gasteiger charge is -2.32. The number of piperidine rings is 1. The number of aliphatic imine (C=N–C) groups is 1. The van der Waals surface area contributed by atoms with Gasteiger partial charge in [-0.15, -0.1) is 24.0 Å². The van der Waals surface area contributed by atoms with E-state index in [1.807, 2.05) is 37.5 Å². The zero-order valence-electron chi connectivity index (χ0n) is 17.4. The first-order chi connectivity index (χ1) is 14.3. The van der Waals surface area contributed by atoms with Gasteiger partial charge in [-0.25, -0.2) is 0 Å². The van der Waals surface area contributed by atoms with Crippen LogP contribution in [0.1, 0.15) is 24.3 Å². The van der Waals surface area contributed by atoms with Crippen molar-refractivity contribution in [3.05, 3.63) is 66.2 Å². The third kappa shape index (κ3) is 6.18. The Hall–Kier alpha value is -2.13. The maximum Gasteiger partial charge on any atom is 0.191 e. The van der Waals surface area contributed by atoms with E-state index in [2.05, 4.69) is 49.8 Å². The molecule has 30 heavy (non-hydrogen) atoms. The molecule has 6 nitrogen and oxygen atoms in total. The van der Waals surface area contributed by atoms with Crippen molar-refractivity contribution in [1.29, 1.82) is 0 Å². The number of fused-ring (bicyclic) bond motifs is 1. The standard InChI is InChI=1S/C23H29N5O.HI/c1-24-23(26-13-9-21-16-18-6-2-3-8-22(18)29-21)27-19-10-14-28(15-11-19)17-20-7-4-5-12-25-20;/h2-8,12,16,19H,9-11,13-15,17H2,1H3,(H2,24,26,27);1H. The summed E-state index contributed by atoms with van der Waals surface area (Å²) < 4.78 is 5.88. The van der Waals surface area contributed by atoms with Crippen LogP contribution in [0.5, 0.6) is 0 Å². The van der Waals surface area contributed by atoms with Crippen LogP contribution in [0.3, 0.4) is 0 Å².